The molecule has 1 heterocycles. The number of hydrogen-bond donors (Lipinski definition) is 1. The van der Waals surface area contributed by atoms with Crippen molar-refractivity contribution in [1.82, 2.24) is 9.55 Å². The number of aromatic nitrogens is 2. The number of rotatable bonds is 2. The Labute approximate surface area is 117 Å². The van der Waals surface area contributed by atoms with Gasteiger partial charge in [-0.15, -0.1) is 0 Å². The van der Waals surface area contributed by atoms with Crippen molar-refractivity contribution < 1.29 is 4.74 Å². The summed E-state index contributed by atoms with van der Waals surface area (Å²) in [5.74, 6) is 1.25. The van der Waals surface area contributed by atoms with Crippen molar-refractivity contribution in [2.45, 2.75) is 13.8 Å². The highest BCUT2D eigenvalue weighted by atomic mass is 16.5. The minimum Gasteiger partial charge on any atom is -0.495 e. The van der Waals surface area contributed by atoms with Gasteiger partial charge >= 0.3 is 0 Å². The maximum absolute atomic E-state index is 6.11. The van der Waals surface area contributed by atoms with Crippen LogP contribution in [0.15, 0.2) is 36.4 Å². The predicted molar refractivity (Wildman–Crippen MR) is 81.5 cm³/mol. The van der Waals surface area contributed by atoms with Gasteiger partial charge < -0.3 is 10.5 Å². The Morgan fingerprint density at radius 2 is 1.75 bits per heavy atom. The van der Waals surface area contributed by atoms with Gasteiger partial charge in [-0.3, -0.25) is 4.57 Å². The summed E-state index contributed by atoms with van der Waals surface area (Å²) >= 11 is 0. The molecule has 4 heteroatoms. The van der Waals surface area contributed by atoms with Crippen LogP contribution in [-0.2, 0) is 0 Å². The van der Waals surface area contributed by atoms with Gasteiger partial charge in [0.2, 0.25) is 5.95 Å². The zero-order valence-corrected chi connectivity index (χ0v) is 11.8. The van der Waals surface area contributed by atoms with E-state index in [1.165, 1.54) is 5.56 Å². The highest BCUT2D eigenvalue weighted by Crippen LogP contribution is 2.30. The first-order chi connectivity index (χ1) is 9.60. The first-order valence-electron chi connectivity index (χ1n) is 6.50. The molecule has 3 aromatic rings. The Kier molecular flexibility index (Phi) is 2.86. The zero-order chi connectivity index (χ0) is 14.3. The van der Waals surface area contributed by atoms with Gasteiger partial charge in [-0.1, -0.05) is 12.1 Å². The van der Waals surface area contributed by atoms with Gasteiger partial charge in [0.05, 0.1) is 23.8 Å². The summed E-state index contributed by atoms with van der Waals surface area (Å²) in [5, 5.41) is 0. The molecule has 0 atom stereocenters. The Hall–Kier alpha value is -2.49. The van der Waals surface area contributed by atoms with Gasteiger partial charge in [-0.25, -0.2) is 4.98 Å². The Bertz CT molecular complexity index is 790. The van der Waals surface area contributed by atoms with Crippen LogP contribution >= 0.6 is 0 Å². The summed E-state index contributed by atoms with van der Waals surface area (Å²) in [6.45, 7) is 4.10. The highest BCUT2D eigenvalue weighted by molar-refractivity contribution is 5.82. The minimum absolute atomic E-state index is 0.467. The van der Waals surface area contributed by atoms with E-state index in [1.807, 2.05) is 35.8 Å². The molecule has 20 heavy (non-hydrogen) atoms. The number of hydrogen-bond acceptors (Lipinski definition) is 3. The maximum atomic E-state index is 6.11. The lowest BCUT2D eigenvalue weighted by Gasteiger charge is -2.12. The Morgan fingerprint density at radius 1 is 1.05 bits per heavy atom. The predicted octanol–water partition coefficient (Wildman–Crippen LogP) is 3.23. The van der Waals surface area contributed by atoms with E-state index in [0.29, 0.717) is 5.95 Å². The number of benzene rings is 2. The van der Waals surface area contributed by atoms with Gasteiger partial charge in [0.25, 0.3) is 0 Å². The molecule has 0 radical (unpaired) electrons. The number of fused-ring (bicyclic) bond motifs is 1. The normalized spacial score (nSPS) is 10.9. The van der Waals surface area contributed by atoms with Crippen molar-refractivity contribution in [2.75, 3.05) is 12.8 Å². The number of anilines is 1. The first-order valence-corrected chi connectivity index (χ1v) is 6.50. The summed E-state index contributed by atoms with van der Waals surface area (Å²) in [7, 11) is 1.66. The first kappa shape index (κ1) is 12.5. The molecule has 0 aliphatic heterocycles. The van der Waals surface area contributed by atoms with Crippen LogP contribution in [-0.4, -0.2) is 16.7 Å². The van der Waals surface area contributed by atoms with Crippen LogP contribution in [0.25, 0.3) is 16.7 Å². The third-order valence-electron chi connectivity index (χ3n) is 3.41. The monoisotopic (exact) mass is 267 g/mol. The summed E-state index contributed by atoms with van der Waals surface area (Å²) in [6, 6.07) is 12.1. The molecule has 4 nitrogen and oxygen atoms in total. The molecular weight excluding hydrogens is 250 g/mol. The van der Waals surface area contributed by atoms with Crippen molar-refractivity contribution in [1.29, 1.82) is 0 Å². The van der Waals surface area contributed by atoms with Gasteiger partial charge in [0.1, 0.15) is 5.75 Å². The topological polar surface area (TPSA) is 53.1 Å². The average molecular weight is 267 g/mol. The SMILES string of the molecule is COc1ccc(C)cc1-n1c(N)nc2ccc(C)cc21. The van der Waals surface area contributed by atoms with E-state index in [1.54, 1.807) is 7.11 Å². The average Bonchev–Trinajstić information content (AvgIpc) is 2.74. The largest absolute Gasteiger partial charge is 0.495 e. The van der Waals surface area contributed by atoms with Crippen LogP contribution in [0.5, 0.6) is 5.75 Å². The van der Waals surface area contributed by atoms with E-state index in [9.17, 15) is 0 Å². The fourth-order valence-electron chi connectivity index (χ4n) is 2.43. The lowest BCUT2D eigenvalue weighted by Crippen LogP contribution is -2.03. The van der Waals surface area contributed by atoms with Gasteiger partial charge in [0, 0.05) is 0 Å². The molecule has 0 aliphatic carbocycles. The third-order valence-corrected chi connectivity index (χ3v) is 3.41. The summed E-state index contributed by atoms with van der Waals surface area (Å²) in [4.78, 5) is 4.42. The second kappa shape index (κ2) is 4.56. The molecular formula is C16H17N3O. The molecule has 0 spiro atoms. The number of ether oxygens (including phenoxy) is 1. The fourth-order valence-corrected chi connectivity index (χ4v) is 2.43. The van der Waals surface area contributed by atoms with Crippen molar-refractivity contribution in [3.63, 3.8) is 0 Å². The van der Waals surface area contributed by atoms with Crippen molar-refractivity contribution >= 4 is 17.0 Å². The molecule has 2 aromatic carbocycles. The van der Waals surface area contributed by atoms with Crippen LogP contribution in [0, 0.1) is 13.8 Å². The van der Waals surface area contributed by atoms with Crippen molar-refractivity contribution in [3.8, 4) is 11.4 Å². The van der Waals surface area contributed by atoms with Gasteiger partial charge in [-0.2, -0.15) is 0 Å². The summed E-state index contributed by atoms with van der Waals surface area (Å²) in [5.41, 5.74) is 11.2. The highest BCUT2D eigenvalue weighted by Gasteiger charge is 2.14. The number of nitrogens with zero attached hydrogens (tertiary/aromatic N) is 2. The standard InChI is InChI=1S/C16H17N3O/c1-10-4-6-12-13(8-10)19(16(17)18-12)14-9-11(2)5-7-15(14)20-3/h4-9H,1-3H3,(H2,17,18). The molecule has 0 saturated heterocycles. The number of nitrogen functional groups attached to an aromatic ring is 1. The molecule has 0 aliphatic rings. The Balaban J connectivity index is 2.37. The van der Waals surface area contributed by atoms with E-state index in [0.717, 1.165) is 28.0 Å². The lowest BCUT2D eigenvalue weighted by atomic mass is 10.2. The molecule has 0 saturated carbocycles. The molecule has 3 rings (SSSR count). The van der Waals surface area contributed by atoms with Crippen LogP contribution < -0.4 is 10.5 Å². The van der Waals surface area contributed by atoms with Gasteiger partial charge in [-0.05, 0) is 49.2 Å². The van der Waals surface area contributed by atoms with E-state index >= 15 is 0 Å². The zero-order valence-electron chi connectivity index (χ0n) is 11.8. The van der Waals surface area contributed by atoms with Crippen molar-refractivity contribution in [2.24, 2.45) is 0 Å². The molecule has 0 fully saturated rings. The van der Waals surface area contributed by atoms with E-state index < -0.39 is 0 Å². The van der Waals surface area contributed by atoms with Gasteiger partial charge in [0.15, 0.2) is 0 Å². The number of nitrogens with two attached hydrogens (primary N) is 1. The number of aryl methyl sites for hydroxylation is 2. The second-order valence-corrected chi connectivity index (χ2v) is 4.97. The van der Waals surface area contributed by atoms with E-state index in [2.05, 4.69) is 24.0 Å². The van der Waals surface area contributed by atoms with Crippen LogP contribution in [0.4, 0.5) is 5.95 Å². The summed E-state index contributed by atoms with van der Waals surface area (Å²) in [6.07, 6.45) is 0. The van der Waals surface area contributed by atoms with Crippen LogP contribution in [0.2, 0.25) is 0 Å². The molecule has 102 valence electrons. The fraction of sp³-hybridized carbons (Fsp3) is 0.188. The molecule has 2 N–H and O–H groups in total. The molecule has 0 unspecified atom stereocenters. The van der Waals surface area contributed by atoms with Crippen LogP contribution in [0.3, 0.4) is 0 Å². The van der Waals surface area contributed by atoms with Crippen molar-refractivity contribution in [3.05, 3.63) is 47.5 Å². The maximum Gasteiger partial charge on any atom is 0.206 e. The van der Waals surface area contributed by atoms with Crippen LogP contribution in [0.1, 0.15) is 11.1 Å². The third kappa shape index (κ3) is 1.90. The summed E-state index contributed by atoms with van der Waals surface area (Å²) < 4.78 is 7.39. The lowest BCUT2D eigenvalue weighted by molar-refractivity contribution is 0.413. The number of imidazole rings is 1. The minimum atomic E-state index is 0.467. The quantitative estimate of drug-likeness (QED) is 0.775. The second-order valence-electron chi connectivity index (χ2n) is 4.97. The number of methoxy groups -OCH3 is 1. The molecule has 0 bridgehead atoms. The van der Waals surface area contributed by atoms with E-state index in [-0.39, 0.29) is 0 Å². The molecule has 0 amide bonds. The van der Waals surface area contributed by atoms with E-state index in [4.69, 9.17) is 10.5 Å². The molecule has 1 aromatic heterocycles. The Morgan fingerprint density at radius 3 is 2.50 bits per heavy atom. The smallest absolute Gasteiger partial charge is 0.206 e.